The maximum atomic E-state index is 11.8. The number of aryl methyl sites for hydroxylation is 1. The molecule has 3 rings (SSSR count). The minimum atomic E-state index is -3.17. The molecule has 1 aromatic heterocycles. The third-order valence-corrected chi connectivity index (χ3v) is 6.18. The molecule has 0 spiro atoms. The van der Waals surface area contributed by atoms with E-state index in [1.54, 1.807) is 0 Å². The minimum absolute atomic E-state index is 0.137. The van der Waals surface area contributed by atoms with Gasteiger partial charge in [0.1, 0.15) is 11.6 Å². The number of aromatic nitrogens is 2. The molecule has 1 atom stereocenters. The third kappa shape index (κ3) is 4.01. The zero-order valence-electron chi connectivity index (χ0n) is 14.0. The van der Waals surface area contributed by atoms with E-state index in [1.165, 1.54) is 42.7 Å². The van der Waals surface area contributed by atoms with E-state index in [4.69, 9.17) is 0 Å². The number of hydrogen-bond donors (Lipinski definition) is 1. The van der Waals surface area contributed by atoms with E-state index in [-0.39, 0.29) is 6.04 Å². The molecule has 0 radical (unpaired) electrons. The van der Waals surface area contributed by atoms with Crippen molar-refractivity contribution < 1.29 is 8.42 Å². The van der Waals surface area contributed by atoms with Crippen molar-refractivity contribution in [1.82, 2.24) is 14.3 Å². The van der Waals surface area contributed by atoms with E-state index in [0.29, 0.717) is 12.4 Å². The summed E-state index contributed by atoms with van der Waals surface area (Å²) in [5.41, 5.74) is 0.806. The van der Waals surface area contributed by atoms with Gasteiger partial charge in [0.25, 0.3) is 0 Å². The SMILES string of the molecule is Cc1nc(NCC2CCCCC2)cc([C@@H]2CCN2S(C)(=O)=O)n1. The lowest BCUT2D eigenvalue weighted by Gasteiger charge is -2.38. The predicted octanol–water partition coefficient (Wildman–Crippen LogP) is 2.48. The van der Waals surface area contributed by atoms with Gasteiger partial charge in [-0.25, -0.2) is 18.4 Å². The number of nitrogens with one attached hydrogen (secondary N) is 1. The van der Waals surface area contributed by atoms with Crippen molar-refractivity contribution in [1.29, 1.82) is 0 Å². The predicted molar refractivity (Wildman–Crippen MR) is 90.7 cm³/mol. The zero-order chi connectivity index (χ0) is 16.4. The smallest absolute Gasteiger partial charge is 0.211 e. The maximum absolute atomic E-state index is 11.8. The largest absolute Gasteiger partial charge is 0.370 e. The van der Waals surface area contributed by atoms with Crippen molar-refractivity contribution in [3.8, 4) is 0 Å². The Hall–Kier alpha value is -1.21. The summed E-state index contributed by atoms with van der Waals surface area (Å²) in [6.07, 6.45) is 8.66. The van der Waals surface area contributed by atoms with Gasteiger partial charge in [0, 0.05) is 19.2 Å². The summed E-state index contributed by atoms with van der Waals surface area (Å²) in [6.45, 7) is 3.38. The van der Waals surface area contributed by atoms with E-state index in [1.807, 2.05) is 13.0 Å². The first-order valence-corrected chi connectivity index (χ1v) is 10.3. The minimum Gasteiger partial charge on any atom is -0.370 e. The van der Waals surface area contributed by atoms with Gasteiger partial charge in [0.15, 0.2) is 0 Å². The molecule has 2 fully saturated rings. The lowest BCUT2D eigenvalue weighted by Crippen LogP contribution is -2.44. The van der Waals surface area contributed by atoms with Crippen molar-refractivity contribution in [2.24, 2.45) is 5.92 Å². The van der Waals surface area contributed by atoms with Gasteiger partial charge in [-0.05, 0) is 32.1 Å². The van der Waals surface area contributed by atoms with Gasteiger partial charge in [0.05, 0.1) is 18.0 Å². The summed E-state index contributed by atoms with van der Waals surface area (Å²) in [7, 11) is -3.17. The standard InChI is InChI=1S/C16H26N4O2S/c1-12-18-14(15-8-9-20(15)23(2,21)22)10-16(19-12)17-11-13-6-4-3-5-7-13/h10,13,15H,3-9,11H2,1-2H3,(H,17,18,19)/t15-/m0/s1. The molecule has 0 amide bonds. The molecule has 0 unspecified atom stereocenters. The average molecular weight is 338 g/mol. The maximum Gasteiger partial charge on any atom is 0.211 e. The molecule has 0 bridgehead atoms. The van der Waals surface area contributed by atoms with E-state index >= 15 is 0 Å². The van der Waals surface area contributed by atoms with Crippen molar-refractivity contribution in [2.45, 2.75) is 51.5 Å². The molecule has 23 heavy (non-hydrogen) atoms. The number of hydrogen-bond acceptors (Lipinski definition) is 5. The first-order valence-electron chi connectivity index (χ1n) is 8.50. The molecule has 1 aromatic rings. The second kappa shape index (κ2) is 6.73. The summed E-state index contributed by atoms with van der Waals surface area (Å²) in [5, 5.41) is 3.43. The van der Waals surface area contributed by atoms with Gasteiger partial charge < -0.3 is 5.32 Å². The normalized spacial score (nSPS) is 23.5. The Bertz CT molecular complexity index is 656. The van der Waals surface area contributed by atoms with Crippen LogP contribution in [0.2, 0.25) is 0 Å². The van der Waals surface area contributed by atoms with Crippen LogP contribution in [0.3, 0.4) is 0 Å². The van der Waals surface area contributed by atoms with Gasteiger partial charge in [-0.1, -0.05) is 19.3 Å². The lowest BCUT2D eigenvalue weighted by atomic mass is 9.89. The van der Waals surface area contributed by atoms with Gasteiger partial charge in [-0.15, -0.1) is 0 Å². The molecule has 1 saturated carbocycles. The third-order valence-electron chi connectivity index (χ3n) is 4.89. The Balaban J connectivity index is 1.69. The highest BCUT2D eigenvalue weighted by atomic mass is 32.2. The number of sulfonamides is 1. The molecular weight excluding hydrogens is 312 g/mol. The summed E-state index contributed by atoms with van der Waals surface area (Å²) >= 11 is 0. The van der Waals surface area contributed by atoms with Crippen LogP contribution in [-0.4, -0.2) is 42.0 Å². The Kier molecular flexibility index (Phi) is 4.87. The quantitative estimate of drug-likeness (QED) is 0.893. The first-order chi connectivity index (χ1) is 10.9. The van der Waals surface area contributed by atoms with E-state index in [0.717, 1.165) is 30.4 Å². The van der Waals surface area contributed by atoms with Crippen LogP contribution in [0.25, 0.3) is 0 Å². The molecule has 1 saturated heterocycles. The van der Waals surface area contributed by atoms with Gasteiger partial charge >= 0.3 is 0 Å². The number of nitrogens with zero attached hydrogens (tertiary/aromatic N) is 3. The fraction of sp³-hybridized carbons (Fsp3) is 0.750. The Morgan fingerprint density at radius 2 is 1.96 bits per heavy atom. The molecular formula is C16H26N4O2S. The molecule has 2 heterocycles. The van der Waals surface area contributed by atoms with Crippen molar-refractivity contribution >= 4 is 15.8 Å². The fourth-order valence-corrected chi connectivity index (χ4v) is 4.66. The molecule has 7 heteroatoms. The van der Waals surface area contributed by atoms with E-state index < -0.39 is 10.0 Å². The Labute approximate surface area is 138 Å². The summed E-state index contributed by atoms with van der Waals surface area (Å²) in [4.78, 5) is 8.91. The van der Waals surface area contributed by atoms with Crippen LogP contribution >= 0.6 is 0 Å². The van der Waals surface area contributed by atoms with Crippen LogP contribution in [0, 0.1) is 12.8 Å². The Morgan fingerprint density at radius 1 is 1.22 bits per heavy atom. The Morgan fingerprint density at radius 3 is 2.57 bits per heavy atom. The number of rotatable bonds is 5. The van der Waals surface area contributed by atoms with Crippen molar-refractivity contribution in [3.63, 3.8) is 0 Å². The highest BCUT2D eigenvalue weighted by Gasteiger charge is 2.37. The first kappa shape index (κ1) is 16.6. The number of anilines is 1. The van der Waals surface area contributed by atoms with Crippen LogP contribution in [0.4, 0.5) is 5.82 Å². The second-order valence-electron chi connectivity index (χ2n) is 6.79. The molecule has 128 valence electrons. The van der Waals surface area contributed by atoms with Crippen LogP contribution in [0.1, 0.15) is 56.1 Å². The van der Waals surface area contributed by atoms with Crippen LogP contribution < -0.4 is 5.32 Å². The monoisotopic (exact) mass is 338 g/mol. The average Bonchev–Trinajstić information content (AvgIpc) is 2.43. The summed E-state index contributed by atoms with van der Waals surface area (Å²) in [6, 6.07) is 1.78. The van der Waals surface area contributed by atoms with E-state index in [2.05, 4.69) is 15.3 Å². The molecule has 2 aliphatic rings. The summed E-state index contributed by atoms with van der Waals surface area (Å²) < 4.78 is 25.0. The van der Waals surface area contributed by atoms with Crippen molar-refractivity contribution in [2.75, 3.05) is 24.7 Å². The second-order valence-corrected chi connectivity index (χ2v) is 8.72. The van der Waals surface area contributed by atoms with Crippen LogP contribution in [0.5, 0.6) is 0 Å². The van der Waals surface area contributed by atoms with E-state index in [9.17, 15) is 8.42 Å². The fourth-order valence-electron chi connectivity index (χ4n) is 3.55. The zero-order valence-corrected chi connectivity index (χ0v) is 14.8. The van der Waals surface area contributed by atoms with Gasteiger partial charge in [-0.3, -0.25) is 0 Å². The molecule has 6 nitrogen and oxygen atoms in total. The lowest BCUT2D eigenvalue weighted by molar-refractivity contribution is 0.199. The molecule has 1 aliphatic heterocycles. The van der Waals surface area contributed by atoms with Crippen LogP contribution in [-0.2, 0) is 10.0 Å². The highest BCUT2D eigenvalue weighted by molar-refractivity contribution is 7.88. The molecule has 1 aliphatic carbocycles. The highest BCUT2D eigenvalue weighted by Crippen LogP contribution is 2.35. The van der Waals surface area contributed by atoms with Crippen LogP contribution in [0.15, 0.2) is 6.07 Å². The van der Waals surface area contributed by atoms with Gasteiger partial charge in [-0.2, -0.15) is 4.31 Å². The summed E-state index contributed by atoms with van der Waals surface area (Å²) in [5.74, 6) is 2.23. The van der Waals surface area contributed by atoms with Crippen molar-refractivity contribution in [3.05, 3.63) is 17.6 Å². The molecule has 0 aromatic carbocycles. The topological polar surface area (TPSA) is 75.2 Å². The van der Waals surface area contributed by atoms with Gasteiger partial charge in [0.2, 0.25) is 10.0 Å². The molecule has 1 N–H and O–H groups in total.